The first-order valence-corrected chi connectivity index (χ1v) is 5.00. The monoisotopic (exact) mass is 142 g/mol. The lowest BCUT2D eigenvalue weighted by Gasteiger charge is -2.10. The second-order valence-electron chi connectivity index (χ2n) is 3.27. The van der Waals surface area contributed by atoms with E-state index in [-0.39, 0.29) is 0 Å². The van der Waals surface area contributed by atoms with Crippen LogP contribution in [0.4, 0.5) is 0 Å². The highest BCUT2D eigenvalue weighted by Gasteiger charge is 2.53. The number of hydrogen-bond acceptors (Lipinski definition) is 1. The molecular weight excluding hydrogens is 128 g/mol. The predicted octanol–water partition coefficient (Wildman–Crippen LogP) is 2.68. The van der Waals surface area contributed by atoms with Gasteiger partial charge in [0.15, 0.2) is 0 Å². The number of hydrogen-bond donors (Lipinski definition) is 0. The molecule has 0 atom stereocenters. The van der Waals surface area contributed by atoms with E-state index >= 15 is 0 Å². The Hall–Kier alpha value is 0.350. The number of rotatable bonds is 3. The maximum absolute atomic E-state index is 2.28. The van der Waals surface area contributed by atoms with E-state index in [1.165, 1.54) is 31.4 Å². The Bertz CT molecular complexity index is 112. The van der Waals surface area contributed by atoms with E-state index in [1.54, 1.807) is 0 Å². The van der Waals surface area contributed by atoms with Gasteiger partial charge in [-0.05, 0) is 37.4 Å². The Balaban J connectivity index is 1.89. The standard InChI is InChI=1S/C8H14S/c1-2-9-8(5-6-8)7-3-4-7/h7H,2-6H2,1H3. The molecule has 0 nitrogen and oxygen atoms in total. The van der Waals surface area contributed by atoms with Gasteiger partial charge in [-0.25, -0.2) is 0 Å². The Morgan fingerprint density at radius 3 is 2.44 bits per heavy atom. The lowest BCUT2D eigenvalue weighted by molar-refractivity contribution is 0.768. The average Bonchev–Trinajstić information content (AvgIpc) is 2.61. The molecule has 0 spiro atoms. The van der Waals surface area contributed by atoms with Crippen molar-refractivity contribution in [2.24, 2.45) is 5.92 Å². The van der Waals surface area contributed by atoms with E-state index in [4.69, 9.17) is 0 Å². The van der Waals surface area contributed by atoms with Crippen LogP contribution in [0.2, 0.25) is 0 Å². The summed E-state index contributed by atoms with van der Waals surface area (Å²) in [6, 6.07) is 0. The summed E-state index contributed by atoms with van der Waals surface area (Å²) in [6.45, 7) is 2.28. The smallest absolute Gasteiger partial charge is 0.0189 e. The largest absolute Gasteiger partial charge is 0.155 e. The molecule has 0 saturated heterocycles. The van der Waals surface area contributed by atoms with Crippen LogP contribution in [-0.2, 0) is 0 Å². The fourth-order valence-corrected chi connectivity index (χ4v) is 3.13. The molecule has 2 aliphatic carbocycles. The van der Waals surface area contributed by atoms with Crippen molar-refractivity contribution < 1.29 is 0 Å². The van der Waals surface area contributed by atoms with Crippen molar-refractivity contribution in [3.63, 3.8) is 0 Å². The number of thioether (sulfide) groups is 1. The van der Waals surface area contributed by atoms with Gasteiger partial charge < -0.3 is 0 Å². The van der Waals surface area contributed by atoms with Crippen LogP contribution >= 0.6 is 11.8 Å². The zero-order chi connectivity index (χ0) is 6.32. The van der Waals surface area contributed by atoms with Gasteiger partial charge in [0.1, 0.15) is 0 Å². The third-order valence-electron chi connectivity index (χ3n) is 2.50. The fourth-order valence-electron chi connectivity index (χ4n) is 1.69. The Kier molecular flexibility index (Phi) is 1.29. The lowest BCUT2D eigenvalue weighted by atomic mass is 10.3. The minimum absolute atomic E-state index is 0.828. The van der Waals surface area contributed by atoms with Crippen LogP contribution in [-0.4, -0.2) is 10.5 Å². The predicted molar refractivity (Wildman–Crippen MR) is 42.8 cm³/mol. The molecule has 9 heavy (non-hydrogen) atoms. The molecule has 0 radical (unpaired) electrons. The molecule has 0 N–H and O–H groups in total. The van der Waals surface area contributed by atoms with Crippen LogP contribution in [0.3, 0.4) is 0 Å². The van der Waals surface area contributed by atoms with Gasteiger partial charge in [0, 0.05) is 4.75 Å². The van der Waals surface area contributed by atoms with Crippen LogP contribution in [0.25, 0.3) is 0 Å². The minimum Gasteiger partial charge on any atom is -0.155 e. The Labute approximate surface area is 61.4 Å². The highest BCUT2D eigenvalue weighted by atomic mass is 32.2. The molecule has 1 heteroatoms. The third-order valence-corrected chi connectivity index (χ3v) is 4.10. The topological polar surface area (TPSA) is 0 Å². The summed E-state index contributed by atoms with van der Waals surface area (Å²) >= 11 is 2.22. The first-order chi connectivity index (χ1) is 4.37. The van der Waals surface area contributed by atoms with Gasteiger partial charge in [0.25, 0.3) is 0 Å². The molecule has 0 amide bonds. The van der Waals surface area contributed by atoms with Crippen molar-refractivity contribution in [2.75, 3.05) is 5.75 Å². The molecule has 52 valence electrons. The highest BCUT2D eigenvalue weighted by molar-refractivity contribution is 8.00. The summed E-state index contributed by atoms with van der Waals surface area (Å²) in [5, 5.41) is 0. The van der Waals surface area contributed by atoms with Gasteiger partial charge in [-0.1, -0.05) is 6.92 Å². The summed E-state index contributed by atoms with van der Waals surface area (Å²) in [5.74, 6) is 2.47. The molecule has 2 aliphatic rings. The van der Waals surface area contributed by atoms with Crippen molar-refractivity contribution in [1.82, 2.24) is 0 Å². The summed E-state index contributed by atoms with van der Waals surface area (Å²) in [4.78, 5) is 0. The third kappa shape index (κ3) is 1.000. The molecule has 0 aromatic carbocycles. The van der Waals surface area contributed by atoms with Gasteiger partial charge in [-0.15, -0.1) is 0 Å². The van der Waals surface area contributed by atoms with Crippen molar-refractivity contribution >= 4 is 11.8 Å². The Morgan fingerprint density at radius 2 is 2.11 bits per heavy atom. The van der Waals surface area contributed by atoms with Gasteiger partial charge in [-0.2, -0.15) is 11.8 Å². The van der Waals surface area contributed by atoms with Gasteiger partial charge in [0.2, 0.25) is 0 Å². The molecule has 0 aromatic heterocycles. The van der Waals surface area contributed by atoms with Crippen molar-refractivity contribution in [3.8, 4) is 0 Å². The quantitative estimate of drug-likeness (QED) is 0.584. The van der Waals surface area contributed by atoms with Crippen LogP contribution in [0.1, 0.15) is 32.6 Å². The minimum atomic E-state index is 0.828. The molecule has 2 saturated carbocycles. The van der Waals surface area contributed by atoms with Crippen molar-refractivity contribution in [3.05, 3.63) is 0 Å². The van der Waals surface area contributed by atoms with Gasteiger partial charge in [0.05, 0.1) is 0 Å². The molecule has 0 heterocycles. The summed E-state index contributed by atoms with van der Waals surface area (Å²) in [7, 11) is 0. The van der Waals surface area contributed by atoms with E-state index in [2.05, 4.69) is 18.7 Å². The second-order valence-corrected chi connectivity index (χ2v) is 4.95. The SMILES string of the molecule is CCSC1(C2CC2)CC1. The van der Waals surface area contributed by atoms with E-state index in [9.17, 15) is 0 Å². The zero-order valence-corrected chi connectivity index (χ0v) is 6.84. The first kappa shape index (κ1) is 6.09. The normalized spacial score (nSPS) is 30.3. The zero-order valence-electron chi connectivity index (χ0n) is 6.02. The molecule has 0 aromatic rings. The lowest BCUT2D eigenvalue weighted by Crippen LogP contribution is -2.04. The maximum atomic E-state index is 2.28. The fraction of sp³-hybridized carbons (Fsp3) is 1.00. The summed E-state index contributed by atoms with van der Waals surface area (Å²) in [6.07, 6.45) is 6.12. The van der Waals surface area contributed by atoms with Gasteiger partial charge >= 0.3 is 0 Å². The maximum Gasteiger partial charge on any atom is 0.0189 e. The molecule has 2 fully saturated rings. The highest BCUT2D eigenvalue weighted by Crippen LogP contribution is 2.61. The van der Waals surface area contributed by atoms with Crippen LogP contribution in [0.15, 0.2) is 0 Å². The van der Waals surface area contributed by atoms with E-state index < -0.39 is 0 Å². The summed E-state index contributed by atoms with van der Waals surface area (Å²) in [5.41, 5.74) is 0. The first-order valence-electron chi connectivity index (χ1n) is 4.01. The van der Waals surface area contributed by atoms with E-state index in [0.29, 0.717) is 0 Å². The van der Waals surface area contributed by atoms with E-state index in [0.717, 1.165) is 10.7 Å². The molecule has 2 rings (SSSR count). The van der Waals surface area contributed by atoms with Crippen molar-refractivity contribution in [2.45, 2.75) is 37.4 Å². The van der Waals surface area contributed by atoms with Crippen LogP contribution in [0, 0.1) is 5.92 Å². The van der Waals surface area contributed by atoms with Crippen molar-refractivity contribution in [1.29, 1.82) is 0 Å². The van der Waals surface area contributed by atoms with E-state index in [1.807, 2.05) is 0 Å². The van der Waals surface area contributed by atoms with Crippen LogP contribution < -0.4 is 0 Å². The molecule has 0 aliphatic heterocycles. The molecular formula is C8H14S. The second kappa shape index (κ2) is 1.91. The van der Waals surface area contributed by atoms with Crippen LogP contribution in [0.5, 0.6) is 0 Å². The van der Waals surface area contributed by atoms with Gasteiger partial charge in [-0.3, -0.25) is 0 Å². The summed E-state index contributed by atoms with van der Waals surface area (Å²) < 4.78 is 0.828. The average molecular weight is 142 g/mol. The molecule has 0 unspecified atom stereocenters. The Morgan fingerprint density at radius 1 is 1.44 bits per heavy atom. The molecule has 0 bridgehead atoms.